The van der Waals surface area contributed by atoms with Crippen LogP contribution in [0.1, 0.15) is 58.8 Å². The zero-order valence-electron chi connectivity index (χ0n) is 11.6. The molecule has 2 aliphatic rings. The molecule has 0 heterocycles. The first-order chi connectivity index (χ1) is 8.55. The molecule has 3 atom stereocenters. The van der Waals surface area contributed by atoms with E-state index < -0.39 is 5.54 Å². The van der Waals surface area contributed by atoms with E-state index in [0.29, 0.717) is 16.5 Å². The van der Waals surface area contributed by atoms with E-state index in [1.54, 1.807) is 0 Å². The Morgan fingerprint density at radius 2 is 2.22 bits per heavy atom. The van der Waals surface area contributed by atoms with Gasteiger partial charge in [0.15, 0.2) is 0 Å². The predicted octanol–water partition coefficient (Wildman–Crippen LogP) is 2.44. The highest BCUT2D eigenvalue weighted by Crippen LogP contribution is 2.39. The molecular weight excluding hydrogens is 244 g/mol. The number of nitrogens with two attached hydrogens (primary N) is 1. The Labute approximate surface area is 115 Å². The molecule has 2 aliphatic carbocycles. The van der Waals surface area contributed by atoms with Crippen molar-refractivity contribution in [2.75, 3.05) is 0 Å². The van der Waals surface area contributed by atoms with E-state index in [4.69, 9.17) is 5.73 Å². The Morgan fingerprint density at radius 3 is 2.78 bits per heavy atom. The van der Waals surface area contributed by atoms with E-state index in [2.05, 4.69) is 19.2 Å². The summed E-state index contributed by atoms with van der Waals surface area (Å²) in [6.45, 7) is 4.50. The molecule has 2 fully saturated rings. The highest BCUT2D eigenvalue weighted by Gasteiger charge is 2.44. The first kappa shape index (κ1) is 14.2. The van der Waals surface area contributed by atoms with Gasteiger partial charge in [-0.05, 0) is 44.9 Å². The third-order valence-corrected chi connectivity index (χ3v) is 5.82. The molecule has 3 N–H and O–H groups in total. The van der Waals surface area contributed by atoms with Crippen LogP contribution >= 0.6 is 11.8 Å². The Hall–Kier alpha value is -0.220. The number of primary amides is 1. The number of amides is 1. The van der Waals surface area contributed by atoms with Gasteiger partial charge in [-0.2, -0.15) is 11.8 Å². The smallest absolute Gasteiger partial charge is 0.237 e. The van der Waals surface area contributed by atoms with Crippen LogP contribution in [0.4, 0.5) is 0 Å². The summed E-state index contributed by atoms with van der Waals surface area (Å²) >= 11 is 2.04. The van der Waals surface area contributed by atoms with Crippen molar-refractivity contribution < 1.29 is 4.79 Å². The van der Waals surface area contributed by atoms with E-state index >= 15 is 0 Å². The summed E-state index contributed by atoms with van der Waals surface area (Å²) in [6, 6.07) is 0.546. The van der Waals surface area contributed by atoms with Gasteiger partial charge in [-0.25, -0.2) is 0 Å². The molecule has 0 aromatic heterocycles. The van der Waals surface area contributed by atoms with Gasteiger partial charge >= 0.3 is 0 Å². The van der Waals surface area contributed by atoms with Gasteiger partial charge in [-0.3, -0.25) is 4.79 Å². The molecule has 3 nitrogen and oxygen atoms in total. The Morgan fingerprint density at radius 1 is 1.50 bits per heavy atom. The van der Waals surface area contributed by atoms with Gasteiger partial charge in [0.2, 0.25) is 5.91 Å². The van der Waals surface area contributed by atoms with Crippen LogP contribution in [0.5, 0.6) is 0 Å². The fourth-order valence-corrected chi connectivity index (χ4v) is 4.34. The lowest BCUT2D eigenvalue weighted by atomic mass is 9.80. The van der Waals surface area contributed by atoms with Gasteiger partial charge in [0.1, 0.15) is 0 Å². The van der Waals surface area contributed by atoms with E-state index in [1.807, 2.05) is 11.8 Å². The van der Waals surface area contributed by atoms with Crippen molar-refractivity contribution in [2.45, 2.75) is 80.9 Å². The van der Waals surface area contributed by atoms with Crippen molar-refractivity contribution in [1.29, 1.82) is 0 Å². The van der Waals surface area contributed by atoms with Crippen molar-refractivity contribution in [1.82, 2.24) is 5.32 Å². The highest BCUT2D eigenvalue weighted by molar-refractivity contribution is 8.00. The summed E-state index contributed by atoms with van der Waals surface area (Å²) in [5.74, 6) is -0.135. The quantitative estimate of drug-likeness (QED) is 0.779. The minimum atomic E-state index is -0.412. The second-order valence-electron chi connectivity index (χ2n) is 5.94. The minimum absolute atomic E-state index is 0.135. The first-order valence-corrected chi connectivity index (χ1v) is 8.23. The average molecular weight is 270 g/mol. The minimum Gasteiger partial charge on any atom is -0.368 e. The Bertz CT molecular complexity index is 306. The number of carbonyl (C=O) groups is 1. The number of rotatable bonds is 6. The van der Waals surface area contributed by atoms with Gasteiger partial charge in [-0.15, -0.1) is 0 Å². The Balaban J connectivity index is 1.98. The molecule has 0 aromatic carbocycles. The van der Waals surface area contributed by atoms with Crippen molar-refractivity contribution in [2.24, 2.45) is 5.73 Å². The maximum absolute atomic E-state index is 11.9. The molecule has 2 saturated carbocycles. The second-order valence-corrected chi connectivity index (χ2v) is 7.68. The van der Waals surface area contributed by atoms with Crippen LogP contribution in [-0.4, -0.2) is 28.0 Å². The van der Waals surface area contributed by atoms with E-state index in [0.717, 1.165) is 19.3 Å². The summed E-state index contributed by atoms with van der Waals surface area (Å²) in [5.41, 5.74) is 5.28. The third kappa shape index (κ3) is 3.41. The topological polar surface area (TPSA) is 55.1 Å². The zero-order chi connectivity index (χ0) is 13.2. The van der Waals surface area contributed by atoms with E-state index in [-0.39, 0.29) is 5.91 Å². The van der Waals surface area contributed by atoms with Crippen LogP contribution in [0, 0.1) is 0 Å². The molecule has 18 heavy (non-hydrogen) atoms. The predicted molar refractivity (Wildman–Crippen MR) is 77.7 cm³/mol. The Kier molecular flexibility index (Phi) is 4.59. The summed E-state index contributed by atoms with van der Waals surface area (Å²) in [4.78, 5) is 11.9. The van der Waals surface area contributed by atoms with Crippen LogP contribution in [0.3, 0.4) is 0 Å². The monoisotopic (exact) mass is 270 g/mol. The lowest BCUT2D eigenvalue weighted by molar-refractivity contribution is -0.125. The molecule has 0 aromatic rings. The number of thioether (sulfide) groups is 1. The SMILES string of the molecule is CCC(C)SC1CCCC(NC2CC2)(C(N)=O)C1. The number of nitrogens with one attached hydrogen (secondary N) is 1. The molecule has 0 bridgehead atoms. The molecule has 4 heteroatoms. The van der Waals surface area contributed by atoms with Crippen LogP contribution in [0.15, 0.2) is 0 Å². The van der Waals surface area contributed by atoms with Crippen LogP contribution < -0.4 is 11.1 Å². The molecule has 1 amide bonds. The zero-order valence-corrected chi connectivity index (χ0v) is 12.4. The third-order valence-electron chi connectivity index (χ3n) is 4.23. The van der Waals surface area contributed by atoms with Crippen molar-refractivity contribution >= 4 is 17.7 Å². The molecule has 0 saturated heterocycles. The molecule has 3 unspecified atom stereocenters. The first-order valence-electron chi connectivity index (χ1n) is 7.29. The maximum atomic E-state index is 11.9. The lowest BCUT2D eigenvalue weighted by Gasteiger charge is -2.40. The molecule has 0 radical (unpaired) electrons. The normalized spacial score (nSPS) is 34.2. The van der Waals surface area contributed by atoms with Crippen LogP contribution in [0.25, 0.3) is 0 Å². The lowest BCUT2D eigenvalue weighted by Crippen LogP contribution is -2.59. The molecule has 0 aliphatic heterocycles. The highest BCUT2D eigenvalue weighted by atomic mass is 32.2. The molecule has 0 spiro atoms. The summed E-state index contributed by atoms with van der Waals surface area (Å²) in [7, 11) is 0. The summed E-state index contributed by atoms with van der Waals surface area (Å²) in [6.07, 6.45) is 7.81. The van der Waals surface area contributed by atoms with Gasteiger partial charge < -0.3 is 11.1 Å². The second kappa shape index (κ2) is 5.83. The molecular formula is C14H26N2OS. The molecule has 104 valence electrons. The molecule has 2 rings (SSSR count). The standard InChI is InChI=1S/C14H26N2OS/c1-3-10(2)18-12-5-4-8-14(9-12,13(15)17)16-11-6-7-11/h10-12,16H,3-9H2,1-2H3,(H2,15,17). The summed E-state index contributed by atoms with van der Waals surface area (Å²) in [5, 5.41) is 4.81. The average Bonchev–Trinajstić information content (AvgIpc) is 3.13. The maximum Gasteiger partial charge on any atom is 0.237 e. The van der Waals surface area contributed by atoms with Gasteiger partial charge in [0.05, 0.1) is 5.54 Å². The van der Waals surface area contributed by atoms with Crippen molar-refractivity contribution in [3.63, 3.8) is 0 Å². The van der Waals surface area contributed by atoms with Gasteiger partial charge in [-0.1, -0.05) is 13.8 Å². The fourth-order valence-electron chi connectivity index (χ4n) is 2.81. The fraction of sp³-hybridized carbons (Fsp3) is 0.929. The van der Waals surface area contributed by atoms with Crippen molar-refractivity contribution in [3.05, 3.63) is 0 Å². The van der Waals surface area contributed by atoms with Crippen molar-refractivity contribution in [3.8, 4) is 0 Å². The summed E-state index contributed by atoms with van der Waals surface area (Å²) < 4.78 is 0. The number of hydrogen-bond acceptors (Lipinski definition) is 3. The number of carbonyl (C=O) groups excluding carboxylic acids is 1. The van der Waals surface area contributed by atoms with E-state index in [9.17, 15) is 4.79 Å². The van der Waals surface area contributed by atoms with Crippen LogP contribution in [0.2, 0.25) is 0 Å². The van der Waals surface area contributed by atoms with Crippen LogP contribution in [-0.2, 0) is 4.79 Å². The van der Waals surface area contributed by atoms with E-state index in [1.165, 1.54) is 25.7 Å². The largest absolute Gasteiger partial charge is 0.368 e. The number of hydrogen-bond donors (Lipinski definition) is 2. The van der Waals surface area contributed by atoms with Gasteiger partial charge in [0, 0.05) is 16.5 Å². The van der Waals surface area contributed by atoms with Gasteiger partial charge in [0.25, 0.3) is 0 Å².